The van der Waals surface area contributed by atoms with Crippen LogP contribution in [0.4, 0.5) is 0 Å². The van der Waals surface area contributed by atoms with Crippen LogP contribution < -0.4 is 0 Å². The number of carbonyl (C=O) groups is 4. The van der Waals surface area contributed by atoms with E-state index in [9.17, 15) is 19.2 Å². The Hall–Kier alpha value is -4.54. The zero-order valence-corrected chi connectivity index (χ0v) is 21.6. The van der Waals surface area contributed by atoms with E-state index in [2.05, 4.69) is 71.0 Å². The molecule has 1 saturated heterocycles. The molecule has 0 spiro atoms. The van der Waals surface area contributed by atoms with Crippen LogP contribution >= 0.6 is 0 Å². The normalized spacial score (nSPS) is 13.5. The van der Waals surface area contributed by atoms with Gasteiger partial charge in [0.1, 0.15) is 0 Å². The van der Waals surface area contributed by atoms with E-state index in [0.29, 0.717) is 24.3 Å². The number of aliphatic carboxylic acids is 4. The molecule has 0 saturated carbocycles. The van der Waals surface area contributed by atoms with E-state index in [1.807, 2.05) is 6.08 Å². The topological polar surface area (TPSA) is 156 Å². The highest BCUT2D eigenvalue weighted by Gasteiger charge is 2.16. The van der Waals surface area contributed by atoms with Crippen molar-refractivity contribution in [1.29, 1.82) is 0 Å². The first-order valence-corrected chi connectivity index (χ1v) is 12.0. The molecule has 0 aliphatic carbocycles. The van der Waals surface area contributed by atoms with Crippen LogP contribution in [0.25, 0.3) is 0 Å². The van der Waals surface area contributed by atoms with Gasteiger partial charge in [0.25, 0.3) is 0 Å². The van der Waals surface area contributed by atoms with Crippen molar-refractivity contribution in [3.05, 3.63) is 108 Å². The SMILES string of the molecule is C=CCN1CCN(Cc2ccccc2Cc2ccccc2)CC1.O=C(O)/C=C\C(=O)O.O=C(O)/C=C\C(=O)O. The molecule has 4 N–H and O–H groups in total. The molecule has 0 aromatic heterocycles. The highest BCUT2D eigenvalue weighted by Crippen LogP contribution is 2.17. The molecule has 0 atom stereocenters. The standard InChI is InChI=1S/C21H26N2.2C4H4O4/c1-2-12-22-13-15-23(16-14-22)18-21-11-7-6-10-20(21)17-19-8-4-3-5-9-19;2*5-3(6)1-2-4(7)8/h2-11H,1,12-18H2;2*1-2H,(H,5,6)(H,7,8)/b;2*2-1-. The van der Waals surface area contributed by atoms with E-state index >= 15 is 0 Å². The van der Waals surface area contributed by atoms with Crippen molar-refractivity contribution in [2.75, 3.05) is 32.7 Å². The van der Waals surface area contributed by atoms with E-state index in [1.165, 1.54) is 16.7 Å². The second kappa shape index (κ2) is 18.7. The van der Waals surface area contributed by atoms with Crippen LogP contribution in [-0.4, -0.2) is 86.8 Å². The second-order valence-electron chi connectivity index (χ2n) is 8.32. The minimum atomic E-state index is -1.26. The Morgan fingerprint density at radius 2 is 1.05 bits per heavy atom. The first kappa shape index (κ1) is 32.5. The maximum Gasteiger partial charge on any atom is 0.328 e. The molecule has 0 unspecified atom stereocenters. The molecule has 208 valence electrons. The monoisotopic (exact) mass is 538 g/mol. The van der Waals surface area contributed by atoms with Gasteiger partial charge in [-0.3, -0.25) is 9.80 Å². The number of carboxylic acid groups (broad SMARTS) is 4. The maximum atomic E-state index is 9.55. The maximum absolute atomic E-state index is 9.55. The Bertz CT molecular complexity index is 1070. The summed E-state index contributed by atoms with van der Waals surface area (Å²) >= 11 is 0. The predicted molar refractivity (Wildman–Crippen MR) is 146 cm³/mol. The van der Waals surface area contributed by atoms with Crippen LogP contribution in [0.2, 0.25) is 0 Å². The summed E-state index contributed by atoms with van der Waals surface area (Å²) in [7, 11) is 0. The average molecular weight is 539 g/mol. The van der Waals surface area contributed by atoms with Gasteiger partial charge in [0.05, 0.1) is 0 Å². The van der Waals surface area contributed by atoms with Crippen LogP contribution in [0.3, 0.4) is 0 Å². The fourth-order valence-corrected chi connectivity index (χ4v) is 3.54. The predicted octanol–water partition coefficient (Wildman–Crippen LogP) is 3.00. The van der Waals surface area contributed by atoms with E-state index < -0.39 is 23.9 Å². The summed E-state index contributed by atoms with van der Waals surface area (Å²) in [6.45, 7) is 10.5. The Morgan fingerprint density at radius 3 is 1.49 bits per heavy atom. The molecule has 1 fully saturated rings. The molecule has 10 nitrogen and oxygen atoms in total. The average Bonchev–Trinajstić information content (AvgIpc) is 2.90. The van der Waals surface area contributed by atoms with Crippen molar-refractivity contribution in [3.63, 3.8) is 0 Å². The van der Waals surface area contributed by atoms with Crippen LogP contribution in [0.5, 0.6) is 0 Å². The number of piperazine rings is 1. The van der Waals surface area contributed by atoms with E-state index in [1.54, 1.807) is 0 Å². The van der Waals surface area contributed by atoms with Crippen molar-refractivity contribution in [1.82, 2.24) is 9.80 Å². The van der Waals surface area contributed by atoms with Crippen LogP contribution in [0.15, 0.2) is 91.6 Å². The van der Waals surface area contributed by atoms with Gasteiger partial charge in [-0.2, -0.15) is 0 Å². The first-order chi connectivity index (χ1) is 18.6. The summed E-state index contributed by atoms with van der Waals surface area (Å²) in [5.74, 6) is -5.03. The molecular formula is C29H34N2O8. The fourth-order valence-electron chi connectivity index (χ4n) is 3.54. The smallest absolute Gasteiger partial charge is 0.328 e. The molecule has 10 heteroatoms. The van der Waals surface area contributed by atoms with Crippen molar-refractivity contribution in [2.24, 2.45) is 0 Å². The van der Waals surface area contributed by atoms with Crippen molar-refractivity contribution in [2.45, 2.75) is 13.0 Å². The van der Waals surface area contributed by atoms with E-state index in [0.717, 1.165) is 45.7 Å². The van der Waals surface area contributed by atoms with Gasteiger partial charge in [-0.25, -0.2) is 19.2 Å². The Labute approximate surface area is 227 Å². The van der Waals surface area contributed by atoms with E-state index in [4.69, 9.17) is 20.4 Å². The number of benzene rings is 2. The molecule has 0 radical (unpaired) electrons. The highest BCUT2D eigenvalue weighted by molar-refractivity contribution is 5.90. The Morgan fingerprint density at radius 1 is 0.641 bits per heavy atom. The Balaban J connectivity index is 0.000000393. The lowest BCUT2D eigenvalue weighted by atomic mass is 9.99. The van der Waals surface area contributed by atoms with Crippen molar-refractivity contribution in [3.8, 4) is 0 Å². The molecule has 0 amide bonds. The zero-order valence-electron chi connectivity index (χ0n) is 21.6. The zero-order chi connectivity index (χ0) is 29.0. The van der Waals surface area contributed by atoms with Crippen molar-refractivity contribution >= 4 is 23.9 Å². The van der Waals surface area contributed by atoms with Gasteiger partial charge in [-0.15, -0.1) is 6.58 Å². The number of carboxylic acids is 4. The number of hydrogen-bond donors (Lipinski definition) is 4. The lowest BCUT2D eigenvalue weighted by Gasteiger charge is -2.34. The van der Waals surface area contributed by atoms with Gasteiger partial charge in [-0.05, 0) is 23.1 Å². The van der Waals surface area contributed by atoms with Gasteiger partial charge in [0, 0.05) is 63.6 Å². The van der Waals surface area contributed by atoms with Crippen LogP contribution in [0, 0.1) is 0 Å². The first-order valence-electron chi connectivity index (χ1n) is 12.0. The van der Waals surface area contributed by atoms with Gasteiger partial charge in [0.2, 0.25) is 0 Å². The molecule has 2 aromatic rings. The van der Waals surface area contributed by atoms with Gasteiger partial charge >= 0.3 is 23.9 Å². The van der Waals surface area contributed by atoms with Gasteiger partial charge < -0.3 is 20.4 Å². The van der Waals surface area contributed by atoms with E-state index in [-0.39, 0.29) is 0 Å². The molecular weight excluding hydrogens is 504 g/mol. The summed E-state index contributed by atoms with van der Waals surface area (Å²) in [5, 5.41) is 31.2. The third kappa shape index (κ3) is 16.0. The molecule has 0 bridgehead atoms. The summed E-state index contributed by atoms with van der Waals surface area (Å²) in [5.41, 5.74) is 4.30. The van der Waals surface area contributed by atoms with Crippen LogP contribution in [0.1, 0.15) is 16.7 Å². The summed E-state index contributed by atoms with van der Waals surface area (Å²) < 4.78 is 0. The largest absolute Gasteiger partial charge is 0.478 e. The summed E-state index contributed by atoms with van der Waals surface area (Å²) in [6.07, 6.45) is 5.26. The second-order valence-corrected chi connectivity index (χ2v) is 8.32. The lowest BCUT2D eigenvalue weighted by molar-refractivity contribution is -0.134. The third-order valence-electron chi connectivity index (χ3n) is 5.34. The minimum Gasteiger partial charge on any atom is -0.478 e. The molecule has 1 aliphatic rings. The number of nitrogens with zero attached hydrogens (tertiary/aromatic N) is 2. The number of hydrogen-bond acceptors (Lipinski definition) is 6. The minimum absolute atomic E-state index is 0.558. The fraction of sp³-hybridized carbons (Fsp3) is 0.241. The Kier molecular flexibility index (Phi) is 15.5. The number of rotatable bonds is 10. The highest BCUT2D eigenvalue weighted by atomic mass is 16.4. The van der Waals surface area contributed by atoms with Crippen molar-refractivity contribution < 1.29 is 39.6 Å². The third-order valence-corrected chi connectivity index (χ3v) is 5.34. The quantitative estimate of drug-likeness (QED) is 0.262. The van der Waals surface area contributed by atoms with Gasteiger partial charge in [-0.1, -0.05) is 60.7 Å². The molecule has 1 aliphatic heterocycles. The molecule has 1 heterocycles. The lowest BCUT2D eigenvalue weighted by Crippen LogP contribution is -2.45. The van der Waals surface area contributed by atoms with Crippen LogP contribution in [-0.2, 0) is 32.1 Å². The summed E-state index contributed by atoms with van der Waals surface area (Å²) in [4.78, 5) is 43.3. The molecule has 39 heavy (non-hydrogen) atoms. The molecule has 3 rings (SSSR count). The summed E-state index contributed by atoms with van der Waals surface area (Å²) in [6, 6.07) is 19.6. The van der Waals surface area contributed by atoms with Gasteiger partial charge in [0.15, 0.2) is 0 Å². The molecule has 2 aromatic carbocycles.